The second-order valence-corrected chi connectivity index (χ2v) is 6.76. The third kappa shape index (κ3) is 1.87. The monoisotopic (exact) mass is 264 g/mol. The van der Waals surface area contributed by atoms with E-state index in [0.717, 1.165) is 38.5 Å². The largest absolute Gasteiger partial charge is 0.340 e. The van der Waals surface area contributed by atoms with Crippen molar-refractivity contribution in [3.05, 3.63) is 0 Å². The van der Waals surface area contributed by atoms with Crippen molar-refractivity contribution in [3.63, 3.8) is 0 Å². The Kier molecular flexibility index (Phi) is 3.06. The van der Waals surface area contributed by atoms with Gasteiger partial charge in [0.1, 0.15) is 11.6 Å². The minimum Gasteiger partial charge on any atom is -0.340 e. The summed E-state index contributed by atoms with van der Waals surface area (Å²) in [6, 6.07) is 0.0486. The van der Waals surface area contributed by atoms with E-state index < -0.39 is 5.54 Å². The van der Waals surface area contributed by atoms with Crippen LogP contribution in [0.4, 0.5) is 0 Å². The van der Waals surface area contributed by atoms with Crippen molar-refractivity contribution in [2.45, 2.75) is 76.4 Å². The van der Waals surface area contributed by atoms with E-state index in [-0.39, 0.29) is 23.8 Å². The molecule has 3 aliphatic rings. The molecule has 0 aromatic carbocycles. The lowest BCUT2D eigenvalue weighted by Gasteiger charge is -2.51. The van der Waals surface area contributed by atoms with E-state index in [9.17, 15) is 9.59 Å². The standard InChI is InChI=1S/C15H24N2O2/c1-10(2)12-13(18)16-15(8-3-4-9-15)14(19)17(12)11-6-5-7-11/h10-12H,3-9H2,1-2H3,(H,16,18). The van der Waals surface area contributed by atoms with Gasteiger partial charge in [0.25, 0.3) is 0 Å². The first kappa shape index (κ1) is 12.9. The van der Waals surface area contributed by atoms with Crippen LogP contribution in [0.15, 0.2) is 0 Å². The van der Waals surface area contributed by atoms with Crippen molar-refractivity contribution in [2.75, 3.05) is 0 Å². The van der Waals surface area contributed by atoms with Crippen molar-refractivity contribution in [1.82, 2.24) is 10.2 Å². The van der Waals surface area contributed by atoms with Gasteiger partial charge in [-0.3, -0.25) is 9.59 Å². The van der Waals surface area contributed by atoms with Crippen molar-refractivity contribution < 1.29 is 9.59 Å². The zero-order valence-corrected chi connectivity index (χ0v) is 11.9. The van der Waals surface area contributed by atoms with Gasteiger partial charge in [0.15, 0.2) is 0 Å². The molecule has 1 unspecified atom stereocenters. The van der Waals surface area contributed by atoms with Gasteiger partial charge >= 0.3 is 0 Å². The highest BCUT2D eigenvalue weighted by atomic mass is 16.2. The lowest BCUT2D eigenvalue weighted by Crippen LogP contribution is -2.72. The minimum atomic E-state index is -0.557. The number of amides is 2. The number of nitrogens with one attached hydrogen (secondary N) is 1. The highest BCUT2D eigenvalue weighted by molar-refractivity contribution is 6.00. The van der Waals surface area contributed by atoms with Crippen molar-refractivity contribution >= 4 is 11.8 Å². The van der Waals surface area contributed by atoms with Gasteiger partial charge in [-0.2, -0.15) is 0 Å². The van der Waals surface area contributed by atoms with Crippen LogP contribution in [0.1, 0.15) is 58.8 Å². The number of rotatable bonds is 2. The van der Waals surface area contributed by atoms with Crippen molar-refractivity contribution in [1.29, 1.82) is 0 Å². The molecule has 0 radical (unpaired) electrons. The Bertz CT molecular complexity index is 395. The minimum absolute atomic E-state index is 0.0726. The Hall–Kier alpha value is -1.06. The van der Waals surface area contributed by atoms with Gasteiger partial charge in [0.2, 0.25) is 11.8 Å². The van der Waals surface area contributed by atoms with Crippen LogP contribution in [0.25, 0.3) is 0 Å². The highest BCUT2D eigenvalue weighted by Crippen LogP contribution is 2.39. The summed E-state index contributed by atoms with van der Waals surface area (Å²) in [6.45, 7) is 4.08. The van der Waals surface area contributed by atoms with Crippen LogP contribution in [0, 0.1) is 5.92 Å². The Balaban J connectivity index is 1.93. The van der Waals surface area contributed by atoms with E-state index in [1.807, 2.05) is 18.7 Å². The molecule has 1 N–H and O–H groups in total. The maximum atomic E-state index is 13.0. The smallest absolute Gasteiger partial charge is 0.249 e. The molecule has 2 amide bonds. The van der Waals surface area contributed by atoms with Gasteiger partial charge in [-0.05, 0) is 38.0 Å². The molecule has 1 spiro atoms. The van der Waals surface area contributed by atoms with Gasteiger partial charge in [0.05, 0.1) is 0 Å². The van der Waals surface area contributed by atoms with E-state index in [1.54, 1.807) is 0 Å². The molecule has 0 bridgehead atoms. The molecule has 1 aliphatic heterocycles. The second-order valence-electron chi connectivity index (χ2n) is 6.76. The van der Waals surface area contributed by atoms with Crippen LogP contribution < -0.4 is 5.32 Å². The Morgan fingerprint density at radius 2 is 1.79 bits per heavy atom. The maximum Gasteiger partial charge on any atom is 0.249 e. The zero-order valence-electron chi connectivity index (χ0n) is 11.9. The summed E-state index contributed by atoms with van der Waals surface area (Å²) in [6.07, 6.45) is 7.08. The van der Waals surface area contributed by atoms with Crippen LogP contribution in [0.2, 0.25) is 0 Å². The number of carbonyl (C=O) groups is 2. The summed E-state index contributed by atoms with van der Waals surface area (Å²) in [5, 5.41) is 3.08. The molecule has 1 atom stereocenters. The van der Waals surface area contributed by atoms with Gasteiger partial charge < -0.3 is 10.2 Å². The second kappa shape index (κ2) is 4.50. The van der Waals surface area contributed by atoms with Gasteiger partial charge in [-0.15, -0.1) is 0 Å². The van der Waals surface area contributed by atoms with Crippen LogP contribution in [0.5, 0.6) is 0 Å². The van der Waals surface area contributed by atoms with E-state index >= 15 is 0 Å². The molecule has 106 valence electrons. The lowest BCUT2D eigenvalue weighted by atomic mass is 9.82. The van der Waals surface area contributed by atoms with Crippen LogP contribution in [0.3, 0.4) is 0 Å². The first-order chi connectivity index (χ1) is 9.05. The Morgan fingerprint density at radius 3 is 2.26 bits per heavy atom. The molecule has 1 heterocycles. The Morgan fingerprint density at radius 1 is 1.16 bits per heavy atom. The zero-order chi connectivity index (χ0) is 13.6. The summed E-state index contributed by atoms with van der Waals surface area (Å²) in [5.41, 5.74) is -0.557. The quantitative estimate of drug-likeness (QED) is 0.827. The predicted octanol–water partition coefficient (Wildman–Crippen LogP) is 1.83. The molecule has 0 aromatic rings. The number of piperazine rings is 1. The average molecular weight is 264 g/mol. The first-order valence-corrected chi connectivity index (χ1v) is 7.70. The number of nitrogens with zero attached hydrogens (tertiary/aromatic N) is 1. The van der Waals surface area contributed by atoms with Crippen LogP contribution in [-0.2, 0) is 9.59 Å². The van der Waals surface area contributed by atoms with Crippen LogP contribution >= 0.6 is 0 Å². The summed E-state index contributed by atoms with van der Waals surface area (Å²) < 4.78 is 0. The number of hydrogen-bond acceptors (Lipinski definition) is 2. The molecular formula is C15H24N2O2. The molecule has 4 heteroatoms. The molecule has 3 fully saturated rings. The summed E-state index contributed by atoms with van der Waals surface area (Å²) in [5.74, 6) is 0.458. The third-order valence-electron chi connectivity index (χ3n) is 5.13. The third-order valence-corrected chi connectivity index (χ3v) is 5.13. The molecule has 19 heavy (non-hydrogen) atoms. The van der Waals surface area contributed by atoms with Crippen molar-refractivity contribution in [3.8, 4) is 0 Å². The molecule has 4 nitrogen and oxygen atoms in total. The predicted molar refractivity (Wildman–Crippen MR) is 72.5 cm³/mol. The number of hydrogen-bond donors (Lipinski definition) is 1. The Labute approximate surface area is 114 Å². The molecular weight excluding hydrogens is 240 g/mol. The van der Waals surface area contributed by atoms with Gasteiger partial charge in [0, 0.05) is 6.04 Å². The number of carbonyl (C=O) groups excluding carboxylic acids is 2. The van der Waals surface area contributed by atoms with E-state index in [0.29, 0.717) is 6.04 Å². The topological polar surface area (TPSA) is 49.4 Å². The molecule has 1 saturated heterocycles. The average Bonchev–Trinajstić information content (AvgIpc) is 2.72. The van der Waals surface area contributed by atoms with E-state index in [4.69, 9.17) is 0 Å². The fourth-order valence-corrected chi connectivity index (χ4v) is 3.86. The van der Waals surface area contributed by atoms with Crippen LogP contribution in [-0.4, -0.2) is 34.3 Å². The fraction of sp³-hybridized carbons (Fsp3) is 0.867. The summed E-state index contributed by atoms with van der Waals surface area (Å²) in [4.78, 5) is 27.4. The summed E-state index contributed by atoms with van der Waals surface area (Å²) >= 11 is 0. The molecule has 2 saturated carbocycles. The normalized spacial score (nSPS) is 30.9. The highest BCUT2D eigenvalue weighted by Gasteiger charge is 2.54. The summed E-state index contributed by atoms with van der Waals surface area (Å²) in [7, 11) is 0. The molecule has 3 rings (SSSR count). The van der Waals surface area contributed by atoms with Gasteiger partial charge in [-0.25, -0.2) is 0 Å². The van der Waals surface area contributed by atoms with Crippen molar-refractivity contribution in [2.24, 2.45) is 5.92 Å². The fourth-order valence-electron chi connectivity index (χ4n) is 3.86. The van der Waals surface area contributed by atoms with E-state index in [1.165, 1.54) is 6.42 Å². The van der Waals surface area contributed by atoms with Gasteiger partial charge in [-0.1, -0.05) is 26.7 Å². The molecule has 0 aromatic heterocycles. The SMILES string of the molecule is CC(C)C1C(=O)NC2(CCCC2)C(=O)N1C1CCC1. The maximum absolute atomic E-state index is 13.0. The first-order valence-electron chi connectivity index (χ1n) is 7.70. The van der Waals surface area contributed by atoms with E-state index in [2.05, 4.69) is 5.32 Å². The molecule has 2 aliphatic carbocycles. The lowest BCUT2D eigenvalue weighted by molar-refractivity contribution is -0.162.